The molecule has 0 amide bonds. The fourth-order valence-corrected chi connectivity index (χ4v) is 4.69. The maximum Gasteiger partial charge on any atom is 0.416 e. The Bertz CT molecular complexity index is 1360. The zero-order valence-corrected chi connectivity index (χ0v) is 19.5. The van der Waals surface area contributed by atoms with Crippen molar-refractivity contribution < 1.29 is 17.6 Å². The molecule has 0 spiro atoms. The van der Waals surface area contributed by atoms with Crippen LogP contribution in [0, 0.1) is 5.82 Å². The Hall–Kier alpha value is -3.96. The van der Waals surface area contributed by atoms with Crippen LogP contribution in [0.5, 0.6) is 0 Å². The quantitative estimate of drug-likeness (QED) is 0.503. The molecule has 36 heavy (non-hydrogen) atoms. The summed E-state index contributed by atoms with van der Waals surface area (Å²) in [4.78, 5) is 11.1. The molecule has 1 fully saturated rings. The third-order valence-corrected chi connectivity index (χ3v) is 6.59. The Balaban J connectivity index is 1.60. The van der Waals surface area contributed by atoms with E-state index in [0.29, 0.717) is 17.6 Å². The Kier molecular flexibility index (Phi) is 5.89. The smallest absolute Gasteiger partial charge is 0.403 e. The number of aromatic nitrogens is 5. The van der Waals surface area contributed by atoms with Crippen molar-refractivity contribution in [3.05, 3.63) is 66.9 Å². The molecule has 12 heteroatoms. The number of rotatable bonds is 5. The van der Waals surface area contributed by atoms with Crippen molar-refractivity contribution in [2.45, 2.75) is 50.9 Å². The van der Waals surface area contributed by atoms with Gasteiger partial charge in [-0.25, -0.2) is 14.4 Å². The lowest BCUT2D eigenvalue weighted by Crippen LogP contribution is -2.50. The number of hydrogen-bond donors (Lipinski definition) is 1. The van der Waals surface area contributed by atoms with Gasteiger partial charge in [-0.2, -0.15) is 13.2 Å². The van der Waals surface area contributed by atoms with Gasteiger partial charge in [0.2, 0.25) is 0 Å². The average Bonchev–Trinajstić information content (AvgIpc) is 3.47. The Morgan fingerprint density at radius 1 is 1.28 bits per heavy atom. The Labute approximate surface area is 204 Å². The van der Waals surface area contributed by atoms with Crippen LogP contribution < -0.4 is 5.73 Å². The summed E-state index contributed by atoms with van der Waals surface area (Å²) >= 11 is 0. The molecule has 1 aromatic carbocycles. The van der Waals surface area contributed by atoms with Crippen molar-refractivity contribution in [3.63, 3.8) is 0 Å². The van der Waals surface area contributed by atoms with Crippen molar-refractivity contribution in [3.8, 4) is 11.4 Å². The zero-order chi connectivity index (χ0) is 25.6. The molecule has 2 N–H and O–H groups in total. The summed E-state index contributed by atoms with van der Waals surface area (Å²) in [6.07, 6.45) is 5.00. The summed E-state index contributed by atoms with van der Waals surface area (Å²) < 4.78 is 57.2. The number of nitrogens with two attached hydrogens (primary N) is 1. The lowest BCUT2D eigenvalue weighted by atomic mass is 9.88. The van der Waals surface area contributed by atoms with Crippen LogP contribution in [0.15, 0.2) is 54.7 Å². The van der Waals surface area contributed by atoms with Crippen LogP contribution in [0.25, 0.3) is 22.9 Å². The predicted octanol–water partition coefficient (Wildman–Crippen LogP) is 4.90. The summed E-state index contributed by atoms with van der Waals surface area (Å²) in [6, 6.07) is 2.43. The molecule has 188 valence electrons. The van der Waals surface area contributed by atoms with E-state index < -0.39 is 17.6 Å². The maximum atomic E-state index is 14.1. The average molecular weight is 501 g/mol. The third kappa shape index (κ3) is 3.95. The molecular weight excluding hydrogens is 476 g/mol. The molecule has 8 nitrogen and oxygen atoms in total. The summed E-state index contributed by atoms with van der Waals surface area (Å²) in [5.41, 5.74) is 5.44. The van der Waals surface area contributed by atoms with E-state index in [-0.39, 0.29) is 29.3 Å². The van der Waals surface area contributed by atoms with Crippen LogP contribution in [0.2, 0.25) is 0 Å². The van der Waals surface area contributed by atoms with Gasteiger partial charge in [0.15, 0.2) is 11.7 Å². The summed E-state index contributed by atoms with van der Waals surface area (Å²) in [5, 5.41) is 8.37. The van der Waals surface area contributed by atoms with Crippen LogP contribution in [0.3, 0.4) is 0 Å². The maximum absolute atomic E-state index is 14.1. The first-order valence-corrected chi connectivity index (χ1v) is 11.5. The van der Waals surface area contributed by atoms with Crippen molar-refractivity contribution in [1.82, 2.24) is 29.2 Å². The largest absolute Gasteiger partial charge is 0.416 e. The number of benzene rings is 1. The monoisotopic (exact) mass is 500 g/mol. The highest BCUT2D eigenvalue weighted by Crippen LogP contribution is 2.40. The second kappa shape index (κ2) is 8.92. The number of aliphatic imine (C=N–C) groups is 1. The minimum Gasteiger partial charge on any atom is -0.403 e. The molecule has 1 saturated carbocycles. The van der Waals surface area contributed by atoms with Crippen LogP contribution in [0.1, 0.15) is 50.0 Å². The van der Waals surface area contributed by atoms with E-state index in [1.165, 1.54) is 23.2 Å². The highest BCUT2D eigenvalue weighted by molar-refractivity contribution is 6.19. The second-order valence-corrected chi connectivity index (χ2v) is 8.73. The van der Waals surface area contributed by atoms with Crippen LogP contribution >= 0.6 is 0 Å². The SMILES string of the molecule is C=C(/N=C1\C(=C/N)n2cnnc2[C@@H](CC)N1C1CCC1)n1ccnc1-c1cc(F)cc(C(F)(F)F)c1. The molecule has 5 rings (SSSR count). The summed E-state index contributed by atoms with van der Waals surface area (Å²) in [7, 11) is 0. The van der Waals surface area contributed by atoms with Crippen molar-refractivity contribution >= 4 is 17.4 Å². The van der Waals surface area contributed by atoms with Gasteiger partial charge in [-0.15, -0.1) is 10.2 Å². The number of halogens is 4. The molecule has 3 aromatic rings. The molecule has 3 heterocycles. The number of imidazole rings is 1. The fraction of sp³-hybridized carbons (Fsp3) is 0.333. The van der Waals surface area contributed by atoms with Crippen LogP contribution in [-0.2, 0) is 6.18 Å². The normalized spacial score (nSPS) is 20.6. The van der Waals surface area contributed by atoms with Gasteiger partial charge in [-0.1, -0.05) is 13.5 Å². The molecule has 2 aliphatic rings. The van der Waals surface area contributed by atoms with Gasteiger partial charge >= 0.3 is 6.18 Å². The molecule has 1 atom stereocenters. The minimum atomic E-state index is -4.70. The van der Waals surface area contributed by atoms with Crippen molar-refractivity contribution in [2.24, 2.45) is 10.7 Å². The van der Waals surface area contributed by atoms with E-state index in [4.69, 9.17) is 10.7 Å². The molecular formula is C24H24F4N8. The van der Waals surface area contributed by atoms with Gasteiger partial charge in [-0.05, 0) is 43.9 Å². The summed E-state index contributed by atoms with van der Waals surface area (Å²) in [6.45, 7) is 6.11. The van der Waals surface area contributed by atoms with Crippen molar-refractivity contribution in [2.75, 3.05) is 0 Å². The molecule has 1 aliphatic heterocycles. The Morgan fingerprint density at radius 3 is 2.69 bits per heavy atom. The van der Waals surface area contributed by atoms with Crippen LogP contribution in [-0.4, -0.2) is 41.1 Å². The van der Waals surface area contributed by atoms with Crippen LogP contribution in [0.4, 0.5) is 17.6 Å². The van der Waals surface area contributed by atoms with E-state index >= 15 is 0 Å². The number of hydrogen-bond acceptors (Lipinski definition) is 5. The number of alkyl halides is 3. The minimum absolute atomic E-state index is 0.0460. The van der Waals surface area contributed by atoms with Gasteiger partial charge in [0, 0.05) is 30.2 Å². The summed E-state index contributed by atoms with van der Waals surface area (Å²) in [5.74, 6) is 0.560. The van der Waals surface area contributed by atoms with Crippen molar-refractivity contribution in [1.29, 1.82) is 0 Å². The first-order valence-electron chi connectivity index (χ1n) is 11.5. The third-order valence-electron chi connectivity index (χ3n) is 6.59. The molecule has 2 aromatic heterocycles. The van der Waals surface area contributed by atoms with E-state index in [1.807, 2.05) is 0 Å². The number of amidine groups is 1. The predicted molar refractivity (Wildman–Crippen MR) is 126 cm³/mol. The van der Waals surface area contributed by atoms with Gasteiger partial charge in [0.05, 0.1) is 11.6 Å². The number of nitrogens with zero attached hydrogens (tertiary/aromatic N) is 7. The van der Waals surface area contributed by atoms with E-state index in [9.17, 15) is 17.6 Å². The zero-order valence-electron chi connectivity index (χ0n) is 19.5. The van der Waals surface area contributed by atoms with Gasteiger partial charge < -0.3 is 10.6 Å². The molecule has 0 radical (unpaired) electrons. The first kappa shape index (κ1) is 23.8. The van der Waals surface area contributed by atoms with Gasteiger partial charge in [-0.3, -0.25) is 9.13 Å². The molecule has 0 bridgehead atoms. The highest BCUT2D eigenvalue weighted by atomic mass is 19.4. The standard InChI is InChI=1S/C24H24F4N8/c1-3-19-23-33-31-13-35(23)20(12-29)22(36(19)18-5-4-6-18)32-14(2)34-8-7-30-21(34)15-9-16(24(26,27)28)11-17(25)10-15/h7-13,18-19H,2-6,29H2,1H3/b20-12+,32-22+/t19-/m1/s1. The second-order valence-electron chi connectivity index (χ2n) is 8.73. The molecule has 0 saturated heterocycles. The number of fused-ring (bicyclic) bond motifs is 1. The molecule has 1 aliphatic carbocycles. The fourth-order valence-electron chi connectivity index (χ4n) is 4.69. The first-order chi connectivity index (χ1) is 17.2. The topological polar surface area (TPSA) is 90.1 Å². The van der Waals surface area contributed by atoms with E-state index in [1.54, 1.807) is 10.9 Å². The van der Waals surface area contributed by atoms with E-state index in [0.717, 1.165) is 43.6 Å². The van der Waals surface area contributed by atoms with E-state index in [2.05, 4.69) is 33.6 Å². The Morgan fingerprint density at radius 2 is 2.06 bits per heavy atom. The molecule has 0 unspecified atom stereocenters. The highest BCUT2D eigenvalue weighted by Gasteiger charge is 2.41. The lowest BCUT2D eigenvalue weighted by molar-refractivity contribution is -0.137. The van der Waals surface area contributed by atoms with Gasteiger partial charge in [0.1, 0.15) is 29.5 Å². The lowest BCUT2D eigenvalue weighted by Gasteiger charge is -2.46. The van der Waals surface area contributed by atoms with Gasteiger partial charge in [0.25, 0.3) is 0 Å².